The monoisotopic (exact) mass is 224 g/mol. The van der Waals surface area contributed by atoms with Crippen LogP contribution in [0.25, 0.3) is 0 Å². The third kappa shape index (κ3) is 4.37. The molecule has 0 fully saturated rings. The second kappa shape index (κ2) is 7.47. The molecule has 16 heavy (non-hydrogen) atoms. The van der Waals surface area contributed by atoms with Crippen LogP contribution in [0.1, 0.15) is 32.4 Å². The van der Waals surface area contributed by atoms with E-state index in [9.17, 15) is 0 Å². The van der Waals surface area contributed by atoms with Crippen LogP contribution in [-0.4, -0.2) is 23.8 Å². The van der Waals surface area contributed by atoms with Gasteiger partial charge in [-0.3, -0.25) is 0 Å². The SMILES string of the molecule is CCCOCCn1cccc1CC(N)CC. The summed E-state index contributed by atoms with van der Waals surface area (Å²) in [6.45, 7) is 6.82. The van der Waals surface area contributed by atoms with Crippen LogP contribution in [0.5, 0.6) is 0 Å². The number of rotatable bonds is 8. The zero-order valence-corrected chi connectivity index (χ0v) is 10.5. The second-order valence-corrected chi connectivity index (χ2v) is 4.18. The van der Waals surface area contributed by atoms with E-state index >= 15 is 0 Å². The highest BCUT2D eigenvalue weighted by molar-refractivity contribution is 5.08. The first-order valence-corrected chi connectivity index (χ1v) is 6.25. The number of hydrogen-bond donors (Lipinski definition) is 1. The van der Waals surface area contributed by atoms with E-state index in [2.05, 4.69) is 36.7 Å². The van der Waals surface area contributed by atoms with Crippen molar-refractivity contribution in [2.24, 2.45) is 5.73 Å². The Kier molecular flexibility index (Phi) is 6.19. The lowest BCUT2D eigenvalue weighted by molar-refractivity contribution is 0.126. The van der Waals surface area contributed by atoms with Crippen LogP contribution < -0.4 is 5.73 Å². The molecule has 0 aromatic carbocycles. The Labute approximate surface area is 98.6 Å². The molecule has 1 atom stereocenters. The quantitative estimate of drug-likeness (QED) is 0.688. The van der Waals surface area contributed by atoms with Crippen molar-refractivity contribution in [2.45, 2.75) is 45.7 Å². The molecule has 1 rings (SSSR count). The Morgan fingerprint density at radius 2 is 2.19 bits per heavy atom. The number of aromatic nitrogens is 1. The van der Waals surface area contributed by atoms with E-state index in [1.54, 1.807) is 0 Å². The molecule has 1 aromatic heterocycles. The lowest BCUT2D eigenvalue weighted by atomic mass is 10.1. The average Bonchev–Trinajstić information content (AvgIpc) is 2.72. The van der Waals surface area contributed by atoms with Gasteiger partial charge in [-0.1, -0.05) is 13.8 Å². The van der Waals surface area contributed by atoms with Gasteiger partial charge < -0.3 is 15.0 Å². The summed E-state index contributed by atoms with van der Waals surface area (Å²) >= 11 is 0. The normalized spacial score (nSPS) is 12.9. The minimum absolute atomic E-state index is 0.269. The van der Waals surface area contributed by atoms with Crippen molar-refractivity contribution in [2.75, 3.05) is 13.2 Å². The van der Waals surface area contributed by atoms with E-state index in [0.717, 1.165) is 39.0 Å². The van der Waals surface area contributed by atoms with E-state index < -0.39 is 0 Å². The van der Waals surface area contributed by atoms with Gasteiger partial charge in [-0.15, -0.1) is 0 Å². The third-order valence-corrected chi connectivity index (χ3v) is 2.74. The maximum Gasteiger partial charge on any atom is 0.0645 e. The maximum absolute atomic E-state index is 5.96. The fourth-order valence-electron chi connectivity index (χ4n) is 1.68. The van der Waals surface area contributed by atoms with E-state index in [1.807, 2.05) is 0 Å². The molecule has 0 radical (unpaired) electrons. The Hall–Kier alpha value is -0.800. The predicted molar refractivity (Wildman–Crippen MR) is 67.5 cm³/mol. The second-order valence-electron chi connectivity index (χ2n) is 4.18. The van der Waals surface area contributed by atoms with Crippen molar-refractivity contribution in [1.29, 1.82) is 0 Å². The van der Waals surface area contributed by atoms with Crippen LogP contribution in [0.4, 0.5) is 0 Å². The van der Waals surface area contributed by atoms with Gasteiger partial charge in [0.25, 0.3) is 0 Å². The average molecular weight is 224 g/mol. The molecule has 3 heteroatoms. The van der Waals surface area contributed by atoms with Gasteiger partial charge in [0, 0.05) is 37.5 Å². The summed E-state index contributed by atoms with van der Waals surface area (Å²) in [7, 11) is 0. The molecule has 1 heterocycles. The Balaban J connectivity index is 2.38. The first-order chi connectivity index (χ1) is 7.77. The summed E-state index contributed by atoms with van der Waals surface area (Å²) in [4.78, 5) is 0. The third-order valence-electron chi connectivity index (χ3n) is 2.74. The smallest absolute Gasteiger partial charge is 0.0645 e. The van der Waals surface area contributed by atoms with E-state index in [4.69, 9.17) is 10.5 Å². The number of nitrogens with two attached hydrogens (primary N) is 1. The molecule has 0 saturated heterocycles. The van der Waals surface area contributed by atoms with Crippen LogP contribution in [0.2, 0.25) is 0 Å². The molecule has 0 aliphatic carbocycles. The van der Waals surface area contributed by atoms with Crippen LogP contribution in [-0.2, 0) is 17.7 Å². The molecule has 0 saturated carbocycles. The first kappa shape index (κ1) is 13.3. The molecular formula is C13H24N2O. The highest BCUT2D eigenvalue weighted by atomic mass is 16.5. The van der Waals surface area contributed by atoms with Crippen molar-refractivity contribution in [3.05, 3.63) is 24.0 Å². The van der Waals surface area contributed by atoms with Crippen LogP contribution >= 0.6 is 0 Å². The fourth-order valence-corrected chi connectivity index (χ4v) is 1.68. The number of hydrogen-bond acceptors (Lipinski definition) is 2. The van der Waals surface area contributed by atoms with Gasteiger partial charge in [0.2, 0.25) is 0 Å². The van der Waals surface area contributed by atoms with E-state index in [1.165, 1.54) is 5.69 Å². The van der Waals surface area contributed by atoms with Gasteiger partial charge in [-0.05, 0) is 25.0 Å². The summed E-state index contributed by atoms with van der Waals surface area (Å²) < 4.78 is 7.73. The van der Waals surface area contributed by atoms with Crippen LogP contribution in [0, 0.1) is 0 Å². The number of nitrogens with zero attached hydrogens (tertiary/aromatic N) is 1. The summed E-state index contributed by atoms with van der Waals surface area (Å²) in [5.41, 5.74) is 7.28. The summed E-state index contributed by atoms with van der Waals surface area (Å²) in [6.07, 6.45) is 5.17. The summed E-state index contributed by atoms with van der Waals surface area (Å²) in [5.74, 6) is 0. The van der Waals surface area contributed by atoms with E-state index in [-0.39, 0.29) is 6.04 Å². The lowest BCUT2D eigenvalue weighted by Gasteiger charge is -2.12. The molecule has 0 bridgehead atoms. The van der Waals surface area contributed by atoms with Crippen molar-refractivity contribution < 1.29 is 4.74 Å². The molecular weight excluding hydrogens is 200 g/mol. The van der Waals surface area contributed by atoms with Crippen LogP contribution in [0.15, 0.2) is 18.3 Å². The molecule has 0 aliphatic heterocycles. The number of ether oxygens (including phenoxy) is 1. The molecule has 3 nitrogen and oxygen atoms in total. The minimum Gasteiger partial charge on any atom is -0.380 e. The predicted octanol–water partition coefficient (Wildman–Crippen LogP) is 2.19. The molecule has 1 unspecified atom stereocenters. The molecule has 0 aliphatic rings. The van der Waals surface area contributed by atoms with Crippen molar-refractivity contribution in [3.63, 3.8) is 0 Å². The Morgan fingerprint density at radius 1 is 1.38 bits per heavy atom. The fraction of sp³-hybridized carbons (Fsp3) is 0.692. The Bertz CT molecular complexity index is 283. The lowest BCUT2D eigenvalue weighted by Crippen LogP contribution is -2.23. The standard InChI is InChI=1S/C13H24N2O/c1-3-9-16-10-8-15-7-5-6-13(15)11-12(14)4-2/h5-7,12H,3-4,8-11,14H2,1-2H3. The largest absolute Gasteiger partial charge is 0.380 e. The van der Waals surface area contributed by atoms with Gasteiger partial charge >= 0.3 is 0 Å². The summed E-state index contributed by atoms with van der Waals surface area (Å²) in [6, 6.07) is 4.50. The van der Waals surface area contributed by atoms with Crippen LogP contribution in [0.3, 0.4) is 0 Å². The Morgan fingerprint density at radius 3 is 2.88 bits per heavy atom. The van der Waals surface area contributed by atoms with Gasteiger partial charge in [0.15, 0.2) is 0 Å². The van der Waals surface area contributed by atoms with Crippen molar-refractivity contribution in [1.82, 2.24) is 4.57 Å². The molecule has 92 valence electrons. The topological polar surface area (TPSA) is 40.2 Å². The van der Waals surface area contributed by atoms with Gasteiger partial charge in [-0.25, -0.2) is 0 Å². The molecule has 2 N–H and O–H groups in total. The molecule has 1 aromatic rings. The highest BCUT2D eigenvalue weighted by Gasteiger charge is 2.05. The first-order valence-electron chi connectivity index (χ1n) is 6.25. The van der Waals surface area contributed by atoms with E-state index in [0.29, 0.717) is 0 Å². The minimum atomic E-state index is 0.269. The van der Waals surface area contributed by atoms with Gasteiger partial charge in [-0.2, -0.15) is 0 Å². The summed E-state index contributed by atoms with van der Waals surface area (Å²) in [5, 5.41) is 0. The molecule has 0 spiro atoms. The highest BCUT2D eigenvalue weighted by Crippen LogP contribution is 2.06. The van der Waals surface area contributed by atoms with Crippen molar-refractivity contribution >= 4 is 0 Å². The molecule has 0 amide bonds. The van der Waals surface area contributed by atoms with Crippen molar-refractivity contribution in [3.8, 4) is 0 Å². The maximum atomic E-state index is 5.96. The van der Waals surface area contributed by atoms with Gasteiger partial charge in [0.05, 0.1) is 6.61 Å². The zero-order chi connectivity index (χ0) is 11.8. The van der Waals surface area contributed by atoms with Gasteiger partial charge in [0.1, 0.15) is 0 Å². The zero-order valence-electron chi connectivity index (χ0n) is 10.5.